The Balaban J connectivity index is 3.39. The lowest BCUT2D eigenvalue weighted by Crippen LogP contribution is -2.04. The van der Waals surface area contributed by atoms with Crippen molar-refractivity contribution in [3.63, 3.8) is 0 Å². The molecule has 1 atom stereocenters. The van der Waals surface area contributed by atoms with Crippen molar-refractivity contribution in [2.45, 2.75) is 13.3 Å². The third-order valence-electron chi connectivity index (χ3n) is 0.783. The summed E-state index contributed by atoms with van der Waals surface area (Å²) in [5, 5.41) is 0. The van der Waals surface area contributed by atoms with Gasteiger partial charge in [-0.2, -0.15) is 0 Å². The van der Waals surface area contributed by atoms with E-state index in [-0.39, 0.29) is 6.61 Å². The zero-order chi connectivity index (χ0) is 8.20. The Bertz CT molecular complexity index is 159. The maximum absolute atomic E-state index is 9.94. The van der Waals surface area contributed by atoms with E-state index in [1.54, 1.807) is 6.92 Å². The number of hydrogen-bond donors (Lipinski definition) is 1. The van der Waals surface area contributed by atoms with Crippen LogP contribution in [0.4, 0.5) is 0 Å². The summed E-state index contributed by atoms with van der Waals surface area (Å²) in [4.78, 5) is 18.0. The first kappa shape index (κ1) is 9.85. The first-order valence-corrected chi connectivity index (χ1v) is 4.24. The average molecular weight is 165 g/mol. The lowest BCUT2D eigenvalue weighted by molar-refractivity contribution is -0.219. The number of phosphoric acid groups is 1. The fourth-order valence-electron chi connectivity index (χ4n) is 0.335. The van der Waals surface area contributed by atoms with E-state index in [0.29, 0.717) is 6.42 Å². The highest BCUT2D eigenvalue weighted by Gasteiger charge is 1.99. The highest BCUT2D eigenvalue weighted by Crippen LogP contribution is 2.30. The molecule has 4 nitrogen and oxygen atoms in total. The maximum atomic E-state index is 9.94. The predicted octanol–water partition coefficient (Wildman–Crippen LogP) is 0.430. The van der Waals surface area contributed by atoms with Crippen molar-refractivity contribution in [3.05, 3.63) is 12.2 Å². The van der Waals surface area contributed by atoms with E-state index in [2.05, 4.69) is 11.1 Å². The van der Waals surface area contributed by atoms with Crippen molar-refractivity contribution in [2.24, 2.45) is 0 Å². The monoisotopic (exact) mass is 165 g/mol. The minimum Gasteiger partial charge on any atom is -0.756 e. The molecule has 0 heterocycles. The summed E-state index contributed by atoms with van der Waals surface area (Å²) in [5.41, 5.74) is 0.813. The molecule has 0 aliphatic rings. The Morgan fingerprint density at radius 3 is 2.70 bits per heavy atom. The lowest BCUT2D eigenvalue weighted by atomic mass is 10.3. The van der Waals surface area contributed by atoms with E-state index in [9.17, 15) is 9.46 Å². The average Bonchev–Trinajstić information content (AvgIpc) is 1.59. The van der Waals surface area contributed by atoms with Crippen LogP contribution in [0.1, 0.15) is 13.3 Å². The van der Waals surface area contributed by atoms with Crippen molar-refractivity contribution in [1.82, 2.24) is 0 Å². The molecule has 0 saturated heterocycles. The van der Waals surface area contributed by atoms with Gasteiger partial charge in [0.25, 0.3) is 7.82 Å². The van der Waals surface area contributed by atoms with Crippen LogP contribution in [0.15, 0.2) is 12.2 Å². The molecule has 1 unspecified atom stereocenters. The largest absolute Gasteiger partial charge is 0.756 e. The summed E-state index contributed by atoms with van der Waals surface area (Å²) >= 11 is 0. The van der Waals surface area contributed by atoms with Gasteiger partial charge in [-0.15, -0.1) is 6.58 Å². The second kappa shape index (κ2) is 3.88. The van der Waals surface area contributed by atoms with Gasteiger partial charge in [0.15, 0.2) is 0 Å². The van der Waals surface area contributed by atoms with Gasteiger partial charge < -0.3 is 14.3 Å². The lowest BCUT2D eigenvalue weighted by Gasteiger charge is -2.14. The molecular formula is C5H10O4P-. The zero-order valence-electron chi connectivity index (χ0n) is 5.74. The standard InChI is InChI=1S/C5H11O4P/c1-5(2)3-4-9-10(6,7)8/h1,3-4H2,2H3,(H2,6,7,8)/p-1. The Morgan fingerprint density at radius 2 is 2.40 bits per heavy atom. The van der Waals surface area contributed by atoms with Gasteiger partial charge >= 0.3 is 0 Å². The minimum atomic E-state index is -4.51. The van der Waals surface area contributed by atoms with Gasteiger partial charge in [0.05, 0.1) is 6.61 Å². The number of phosphoric ester groups is 1. The van der Waals surface area contributed by atoms with Gasteiger partial charge in [0, 0.05) is 0 Å². The molecule has 5 heteroatoms. The molecule has 0 radical (unpaired) electrons. The van der Waals surface area contributed by atoms with Gasteiger partial charge in [-0.05, 0) is 13.3 Å². The van der Waals surface area contributed by atoms with Crippen LogP contribution in [-0.4, -0.2) is 11.5 Å². The highest BCUT2D eigenvalue weighted by atomic mass is 31.2. The van der Waals surface area contributed by atoms with Crippen molar-refractivity contribution in [1.29, 1.82) is 0 Å². The summed E-state index contributed by atoms with van der Waals surface area (Å²) in [6, 6.07) is 0. The van der Waals surface area contributed by atoms with E-state index in [4.69, 9.17) is 4.89 Å². The fourth-order valence-corrected chi connectivity index (χ4v) is 0.657. The summed E-state index contributed by atoms with van der Waals surface area (Å²) in [7, 11) is -4.51. The minimum absolute atomic E-state index is 0.0351. The molecule has 10 heavy (non-hydrogen) atoms. The van der Waals surface area contributed by atoms with E-state index >= 15 is 0 Å². The van der Waals surface area contributed by atoms with Crippen LogP contribution in [0, 0.1) is 0 Å². The Labute approximate surface area is 59.8 Å². The molecule has 0 bridgehead atoms. The summed E-state index contributed by atoms with van der Waals surface area (Å²) in [6.07, 6.45) is 0.437. The van der Waals surface area contributed by atoms with Crippen LogP contribution in [0.25, 0.3) is 0 Å². The van der Waals surface area contributed by atoms with Crippen molar-refractivity contribution >= 4 is 7.82 Å². The first-order valence-electron chi connectivity index (χ1n) is 2.74. The second-order valence-corrected chi connectivity index (χ2v) is 3.20. The molecule has 0 aromatic rings. The Hall–Kier alpha value is -0.150. The molecule has 0 aliphatic heterocycles. The topological polar surface area (TPSA) is 69.6 Å². The van der Waals surface area contributed by atoms with Crippen molar-refractivity contribution < 1.29 is 18.9 Å². The first-order chi connectivity index (χ1) is 4.42. The molecule has 0 spiro atoms. The normalized spacial score (nSPS) is 16.3. The van der Waals surface area contributed by atoms with E-state index < -0.39 is 7.82 Å². The van der Waals surface area contributed by atoms with Crippen LogP contribution in [-0.2, 0) is 9.09 Å². The fraction of sp³-hybridized carbons (Fsp3) is 0.600. The van der Waals surface area contributed by atoms with Gasteiger partial charge in [-0.25, -0.2) is 0 Å². The van der Waals surface area contributed by atoms with Crippen LogP contribution in [0.5, 0.6) is 0 Å². The number of hydrogen-bond acceptors (Lipinski definition) is 3. The van der Waals surface area contributed by atoms with Gasteiger partial charge in [0.1, 0.15) is 0 Å². The Morgan fingerprint density at radius 1 is 1.90 bits per heavy atom. The smallest absolute Gasteiger partial charge is 0.265 e. The third kappa shape index (κ3) is 7.85. The summed E-state index contributed by atoms with van der Waals surface area (Å²) < 4.78 is 14.0. The van der Waals surface area contributed by atoms with Crippen LogP contribution in [0.2, 0.25) is 0 Å². The molecule has 0 aliphatic carbocycles. The van der Waals surface area contributed by atoms with E-state index in [1.807, 2.05) is 0 Å². The van der Waals surface area contributed by atoms with Crippen LogP contribution < -0.4 is 4.89 Å². The molecular weight excluding hydrogens is 155 g/mol. The molecule has 0 saturated carbocycles. The number of rotatable bonds is 4. The third-order valence-corrected chi connectivity index (χ3v) is 1.29. The molecule has 0 amide bonds. The van der Waals surface area contributed by atoms with Crippen LogP contribution in [0.3, 0.4) is 0 Å². The Kier molecular flexibility index (Phi) is 3.83. The van der Waals surface area contributed by atoms with Crippen molar-refractivity contribution in [3.8, 4) is 0 Å². The van der Waals surface area contributed by atoms with E-state index in [1.165, 1.54) is 0 Å². The van der Waals surface area contributed by atoms with E-state index in [0.717, 1.165) is 5.57 Å². The maximum Gasteiger partial charge on any atom is 0.265 e. The quantitative estimate of drug-likeness (QED) is 0.484. The van der Waals surface area contributed by atoms with Gasteiger partial charge in [0.2, 0.25) is 0 Å². The van der Waals surface area contributed by atoms with Crippen molar-refractivity contribution in [2.75, 3.05) is 6.61 Å². The molecule has 60 valence electrons. The van der Waals surface area contributed by atoms with Gasteiger partial charge in [-0.1, -0.05) is 5.57 Å². The zero-order valence-corrected chi connectivity index (χ0v) is 6.63. The SMILES string of the molecule is C=C(C)CCOP(=O)([O-])O. The highest BCUT2D eigenvalue weighted by molar-refractivity contribution is 7.44. The summed E-state index contributed by atoms with van der Waals surface area (Å²) in [6.45, 7) is 5.23. The molecule has 0 aromatic carbocycles. The second-order valence-electron chi connectivity index (χ2n) is 2.01. The van der Waals surface area contributed by atoms with Crippen LogP contribution >= 0.6 is 7.82 Å². The van der Waals surface area contributed by atoms with Gasteiger partial charge in [-0.3, -0.25) is 4.57 Å². The molecule has 0 aromatic heterocycles. The predicted molar refractivity (Wildman–Crippen MR) is 35.2 cm³/mol. The molecule has 1 N–H and O–H groups in total. The molecule has 0 rings (SSSR count). The summed E-state index contributed by atoms with van der Waals surface area (Å²) in [5.74, 6) is 0. The molecule has 0 fully saturated rings.